The molecule has 0 heterocycles. The van der Waals surface area contributed by atoms with Gasteiger partial charge in [-0.25, -0.2) is 8.78 Å². The van der Waals surface area contributed by atoms with E-state index in [0.717, 1.165) is 0 Å². The molecule has 0 nitrogen and oxygen atoms in total. The minimum Gasteiger partial charge on any atom is -0.204 e. The van der Waals surface area contributed by atoms with Gasteiger partial charge in [0.2, 0.25) is 0 Å². The Bertz CT molecular complexity index is 398. The van der Waals surface area contributed by atoms with Crippen LogP contribution in [0.5, 0.6) is 0 Å². The molecule has 0 saturated heterocycles. The van der Waals surface area contributed by atoms with E-state index >= 15 is 0 Å². The first-order chi connectivity index (χ1) is 9.18. The number of hydrogen-bond acceptors (Lipinski definition) is 0. The highest BCUT2D eigenvalue weighted by molar-refractivity contribution is 9.09. The molecular weight excluding hydrogens is 310 g/mol. The van der Waals surface area contributed by atoms with Crippen molar-refractivity contribution in [3.8, 4) is 0 Å². The number of benzene rings is 1. The molecule has 0 spiro atoms. The Morgan fingerprint density at radius 2 is 1.68 bits per heavy atom. The Morgan fingerprint density at radius 1 is 1.05 bits per heavy atom. The summed E-state index contributed by atoms with van der Waals surface area (Å²) in [5.41, 5.74) is 0.490. The first kappa shape index (κ1) is 15.0. The van der Waals surface area contributed by atoms with Crippen molar-refractivity contribution in [1.29, 1.82) is 0 Å². The van der Waals surface area contributed by atoms with Crippen molar-refractivity contribution >= 4 is 15.9 Å². The van der Waals surface area contributed by atoms with Crippen molar-refractivity contribution in [2.75, 3.05) is 0 Å². The van der Waals surface area contributed by atoms with E-state index in [1.165, 1.54) is 51.0 Å². The average Bonchev–Trinajstić information content (AvgIpc) is 2.34. The number of halogens is 3. The second-order valence-corrected chi connectivity index (χ2v) is 6.71. The van der Waals surface area contributed by atoms with E-state index < -0.39 is 11.6 Å². The third kappa shape index (κ3) is 4.27. The summed E-state index contributed by atoms with van der Waals surface area (Å²) in [7, 11) is 0. The van der Waals surface area contributed by atoms with E-state index in [1.54, 1.807) is 12.1 Å². The fourth-order valence-corrected chi connectivity index (χ4v) is 3.81. The fraction of sp³-hybridized carbons (Fsp3) is 0.625. The van der Waals surface area contributed by atoms with Crippen LogP contribution >= 0.6 is 15.9 Å². The van der Waals surface area contributed by atoms with Gasteiger partial charge in [-0.15, -0.1) is 0 Å². The molecule has 1 aliphatic carbocycles. The molecule has 1 unspecified atom stereocenters. The largest absolute Gasteiger partial charge is 0.204 e. The summed E-state index contributed by atoms with van der Waals surface area (Å²) in [6.07, 6.45) is 9.47. The minimum atomic E-state index is -0.741. The topological polar surface area (TPSA) is 0 Å². The van der Waals surface area contributed by atoms with Gasteiger partial charge in [0.1, 0.15) is 0 Å². The Kier molecular flexibility index (Phi) is 5.80. The van der Waals surface area contributed by atoms with Gasteiger partial charge < -0.3 is 0 Å². The van der Waals surface area contributed by atoms with Gasteiger partial charge in [-0.3, -0.25) is 0 Å². The Hall–Kier alpha value is -0.440. The van der Waals surface area contributed by atoms with Gasteiger partial charge in [0, 0.05) is 4.83 Å². The van der Waals surface area contributed by atoms with Gasteiger partial charge in [0.15, 0.2) is 11.6 Å². The lowest BCUT2D eigenvalue weighted by Crippen LogP contribution is -2.19. The summed E-state index contributed by atoms with van der Waals surface area (Å²) in [6.45, 7) is 0. The smallest absolute Gasteiger partial charge is 0.162 e. The van der Waals surface area contributed by atoms with Crippen molar-refractivity contribution < 1.29 is 8.78 Å². The summed E-state index contributed by atoms with van der Waals surface area (Å²) < 4.78 is 26.9. The third-order valence-corrected chi connectivity index (χ3v) is 5.18. The zero-order valence-electron chi connectivity index (χ0n) is 11.2. The molecule has 0 aromatic heterocycles. The summed E-state index contributed by atoms with van der Waals surface area (Å²) in [6, 6.07) is 4.46. The molecule has 0 N–H and O–H groups in total. The van der Waals surface area contributed by atoms with Crippen LogP contribution in [-0.2, 0) is 6.42 Å². The van der Waals surface area contributed by atoms with Crippen LogP contribution in [0.4, 0.5) is 8.78 Å². The van der Waals surface area contributed by atoms with Crippen LogP contribution in [0, 0.1) is 17.6 Å². The Morgan fingerprint density at radius 3 is 2.37 bits per heavy atom. The lowest BCUT2D eigenvalue weighted by molar-refractivity contribution is 0.368. The maximum atomic E-state index is 13.7. The molecule has 1 aromatic rings. The molecular formula is C16H21BrF2. The predicted molar refractivity (Wildman–Crippen MR) is 78.6 cm³/mol. The highest BCUT2D eigenvalue weighted by Crippen LogP contribution is 2.31. The van der Waals surface area contributed by atoms with Crippen molar-refractivity contribution in [3.05, 3.63) is 35.4 Å². The number of rotatable bonds is 3. The number of hydrogen-bond donors (Lipinski definition) is 0. The second kappa shape index (κ2) is 7.37. The molecule has 3 heteroatoms. The van der Waals surface area contributed by atoms with Crippen molar-refractivity contribution in [2.45, 2.75) is 56.2 Å². The highest BCUT2D eigenvalue weighted by Gasteiger charge is 2.21. The number of alkyl halides is 1. The van der Waals surface area contributed by atoms with Crippen LogP contribution in [0.25, 0.3) is 0 Å². The molecule has 0 aliphatic heterocycles. The molecule has 0 amide bonds. The van der Waals surface area contributed by atoms with Crippen LogP contribution in [0.1, 0.15) is 50.5 Å². The highest BCUT2D eigenvalue weighted by atomic mass is 79.9. The van der Waals surface area contributed by atoms with Crippen LogP contribution < -0.4 is 0 Å². The summed E-state index contributed by atoms with van der Waals surface area (Å²) in [4.78, 5) is 0.252. The first-order valence-corrected chi connectivity index (χ1v) is 8.17. The fourth-order valence-electron chi connectivity index (χ4n) is 2.93. The second-order valence-electron chi connectivity index (χ2n) is 5.54. The van der Waals surface area contributed by atoms with Gasteiger partial charge >= 0.3 is 0 Å². The summed E-state index contributed by atoms with van der Waals surface area (Å²) >= 11 is 3.71. The molecule has 19 heavy (non-hydrogen) atoms. The van der Waals surface area contributed by atoms with Crippen molar-refractivity contribution in [1.82, 2.24) is 0 Å². The molecule has 106 valence electrons. The molecule has 0 radical (unpaired) electrons. The molecule has 1 aliphatic rings. The van der Waals surface area contributed by atoms with E-state index in [4.69, 9.17) is 0 Å². The van der Waals surface area contributed by atoms with E-state index in [0.29, 0.717) is 17.9 Å². The zero-order chi connectivity index (χ0) is 13.7. The van der Waals surface area contributed by atoms with Crippen LogP contribution in [-0.4, -0.2) is 4.83 Å². The van der Waals surface area contributed by atoms with E-state index in [2.05, 4.69) is 15.9 Å². The summed E-state index contributed by atoms with van der Waals surface area (Å²) in [5.74, 6) is -0.837. The maximum Gasteiger partial charge on any atom is 0.162 e. The maximum absolute atomic E-state index is 13.7. The van der Waals surface area contributed by atoms with Crippen LogP contribution in [0.3, 0.4) is 0 Å². The quantitative estimate of drug-likeness (QED) is 0.630. The molecule has 0 bridgehead atoms. The van der Waals surface area contributed by atoms with Crippen molar-refractivity contribution in [2.24, 2.45) is 5.92 Å². The van der Waals surface area contributed by atoms with Gasteiger partial charge in [0.25, 0.3) is 0 Å². The average molecular weight is 331 g/mol. The lowest BCUT2D eigenvalue weighted by atomic mass is 9.87. The summed E-state index contributed by atoms with van der Waals surface area (Å²) in [5, 5.41) is 0. The SMILES string of the molecule is Fc1cccc(CC(Br)C2CCCCCCC2)c1F. The Balaban J connectivity index is 1.98. The van der Waals surface area contributed by atoms with Gasteiger partial charge in [0.05, 0.1) is 0 Å². The molecule has 1 fully saturated rings. The van der Waals surface area contributed by atoms with E-state index in [9.17, 15) is 8.78 Å². The van der Waals surface area contributed by atoms with Gasteiger partial charge in [-0.05, 0) is 36.8 Å². The molecule has 2 rings (SSSR count). The standard InChI is InChI=1S/C16H21BrF2/c17-14(12-7-4-2-1-3-5-8-12)11-13-9-6-10-15(18)16(13)19/h6,9-10,12,14H,1-5,7-8,11H2. The Labute approximate surface area is 122 Å². The lowest BCUT2D eigenvalue weighted by Gasteiger charge is -2.24. The van der Waals surface area contributed by atoms with E-state index in [1.807, 2.05) is 0 Å². The molecule has 1 saturated carbocycles. The molecule has 1 atom stereocenters. The van der Waals surface area contributed by atoms with E-state index in [-0.39, 0.29) is 4.83 Å². The normalized spacial score (nSPS) is 19.7. The van der Waals surface area contributed by atoms with Gasteiger partial charge in [-0.1, -0.05) is 60.2 Å². The minimum absolute atomic E-state index is 0.252. The van der Waals surface area contributed by atoms with Crippen LogP contribution in [0.2, 0.25) is 0 Å². The zero-order valence-corrected chi connectivity index (χ0v) is 12.8. The predicted octanol–water partition coefficient (Wildman–Crippen LogP) is 5.63. The first-order valence-electron chi connectivity index (χ1n) is 7.25. The van der Waals surface area contributed by atoms with Crippen LogP contribution in [0.15, 0.2) is 18.2 Å². The molecule has 1 aromatic carbocycles. The third-order valence-electron chi connectivity index (χ3n) is 4.11. The monoisotopic (exact) mass is 330 g/mol. The van der Waals surface area contributed by atoms with Gasteiger partial charge in [-0.2, -0.15) is 0 Å². The van der Waals surface area contributed by atoms with Crippen molar-refractivity contribution in [3.63, 3.8) is 0 Å².